The zero-order chi connectivity index (χ0) is 19.3. The Labute approximate surface area is 157 Å². The minimum absolute atomic E-state index is 0.00828. The number of aliphatic carboxylic acids is 1. The van der Waals surface area contributed by atoms with Gasteiger partial charge in [-0.25, -0.2) is 4.79 Å². The van der Waals surface area contributed by atoms with Crippen LogP contribution in [0.2, 0.25) is 0 Å². The Bertz CT molecular complexity index is 806. The van der Waals surface area contributed by atoms with Crippen LogP contribution in [0.15, 0.2) is 6.07 Å². The second-order valence-electron chi connectivity index (χ2n) is 7.98. The van der Waals surface area contributed by atoms with Gasteiger partial charge in [-0.05, 0) is 32.1 Å². The fourth-order valence-electron chi connectivity index (χ4n) is 4.92. The molecule has 9 heteroatoms. The number of aromatic nitrogens is 2. The van der Waals surface area contributed by atoms with Crippen molar-refractivity contribution >= 4 is 23.7 Å². The van der Waals surface area contributed by atoms with Gasteiger partial charge in [-0.1, -0.05) is 6.42 Å². The molecule has 27 heavy (non-hydrogen) atoms. The highest BCUT2D eigenvalue weighted by atomic mass is 16.4. The van der Waals surface area contributed by atoms with Crippen molar-refractivity contribution in [1.29, 1.82) is 0 Å². The number of carboxylic acids is 1. The predicted octanol–water partition coefficient (Wildman–Crippen LogP) is 0.730. The Balaban J connectivity index is 1.42. The molecule has 3 amide bonds. The van der Waals surface area contributed by atoms with Gasteiger partial charge in [-0.2, -0.15) is 5.10 Å². The molecule has 3 heterocycles. The number of likely N-dealkylation sites (tertiary alicyclic amines) is 1. The fraction of sp³-hybridized carbons (Fsp3) is 0.667. The lowest BCUT2D eigenvalue weighted by atomic mass is 9.81. The summed E-state index contributed by atoms with van der Waals surface area (Å²) in [4.78, 5) is 40.4. The number of rotatable bonds is 3. The van der Waals surface area contributed by atoms with Crippen LogP contribution in [0.3, 0.4) is 0 Å². The first-order valence-electron chi connectivity index (χ1n) is 9.43. The molecule has 146 valence electrons. The van der Waals surface area contributed by atoms with Gasteiger partial charge in [0.15, 0.2) is 0 Å². The summed E-state index contributed by atoms with van der Waals surface area (Å²) >= 11 is 0. The van der Waals surface area contributed by atoms with Crippen LogP contribution in [0.25, 0.3) is 0 Å². The SMILES string of the molecule is Cc1cc(N2CCC(NC(=O)N3C[C@@H]4CCC[C@@]4(C(=O)O)C3)C2=O)n(C)n1. The number of nitrogens with one attached hydrogen (secondary N) is 1. The van der Waals surface area contributed by atoms with Gasteiger partial charge in [-0.15, -0.1) is 0 Å². The molecular formula is C18H25N5O4. The van der Waals surface area contributed by atoms with Crippen LogP contribution in [0.1, 0.15) is 31.4 Å². The highest BCUT2D eigenvalue weighted by Gasteiger charge is 2.56. The molecule has 0 radical (unpaired) electrons. The van der Waals surface area contributed by atoms with Crippen LogP contribution in [-0.4, -0.2) is 63.4 Å². The van der Waals surface area contributed by atoms with Gasteiger partial charge in [0.1, 0.15) is 11.9 Å². The monoisotopic (exact) mass is 375 g/mol. The maximum absolute atomic E-state index is 12.7. The molecule has 1 unspecified atom stereocenters. The molecule has 1 saturated carbocycles. The largest absolute Gasteiger partial charge is 0.481 e. The van der Waals surface area contributed by atoms with E-state index in [1.807, 2.05) is 13.0 Å². The van der Waals surface area contributed by atoms with Gasteiger partial charge >= 0.3 is 12.0 Å². The van der Waals surface area contributed by atoms with Crippen molar-refractivity contribution in [3.8, 4) is 0 Å². The van der Waals surface area contributed by atoms with Gasteiger partial charge in [0.25, 0.3) is 5.91 Å². The van der Waals surface area contributed by atoms with E-state index in [1.165, 1.54) is 0 Å². The number of carbonyl (C=O) groups excluding carboxylic acids is 2. The van der Waals surface area contributed by atoms with E-state index in [1.54, 1.807) is 21.5 Å². The first-order chi connectivity index (χ1) is 12.8. The lowest BCUT2D eigenvalue weighted by Gasteiger charge is -2.24. The molecular weight excluding hydrogens is 350 g/mol. The number of fused-ring (bicyclic) bond motifs is 1. The molecule has 0 spiro atoms. The van der Waals surface area contributed by atoms with Crippen molar-refractivity contribution in [2.75, 3.05) is 24.5 Å². The third-order valence-electron chi connectivity index (χ3n) is 6.34. The van der Waals surface area contributed by atoms with Crippen LogP contribution in [-0.2, 0) is 16.6 Å². The zero-order valence-electron chi connectivity index (χ0n) is 15.6. The minimum Gasteiger partial charge on any atom is -0.481 e. The van der Waals surface area contributed by atoms with Gasteiger partial charge in [0.05, 0.1) is 11.1 Å². The van der Waals surface area contributed by atoms with Crippen LogP contribution in [0, 0.1) is 18.3 Å². The molecule has 3 aliphatic rings. The minimum atomic E-state index is -0.810. The van der Waals surface area contributed by atoms with E-state index in [9.17, 15) is 19.5 Å². The molecule has 9 nitrogen and oxygen atoms in total. The average molecular weight is 375 g/mol. The smallest absolute Gasteiger partial charge is 0.318 e. The van der Waals surface area contributed by atoms with Crippen molar-refractivity contribution in [2.24, 2.45) is 18.4 Å². The number of nitrogens with zero attached hydrogens (tertiary/aromatic N) is 4. The molecule has 0 bridgehead atoms. The van der Waals surface area contributed by atoms with E-state index < -0.39 is 17.4 Å². The van der Waals surface area contributed by atoms with Gasteiger partial charge in [0, 0.05) is 32.7 Å². The normalized spacial score (nSPS) is 30.1. The van der Waals surface area contributed by atoms with Gasteiger partial charge < -0.3 is 15.3 Å². The Morgan fingerprint density at radius 3 is 2.78 bits per heavy atom. The number of amides is 3. The van der Waals surface area contributed by atoms with Crippen LogP contribution >= 0.6 is 0 Å². The van der Waals surface area contributed by atoms with Crippen molar-refractivity contribution in [2.45, 2.75) is 38.6 Å². The van der Waals surface area contributed by atoms with E-state index in [0.717, 1.165) is 24.4 Å². The second-order valence-corrected chi connectivity index (χ2v) is 7.98. The van der Waals surface area contributed by atoms with E-state index >= 15 is 0 Å². The third kappa shape index (κ3) is 2.76. The van der Waals surface area contributed by atoms with E-state index in [-0.39, 0.29) is 24.4 Å². The fourth-order valence-corrected chi connectivity index (χ4v) is 4.92. The van der Waals surface area contributed by atoms with Crippen LogP contribution in [0.5, 0.6) is 0 Å². The van der Waals surface area contributed by atoms with Crippen molar-refractivity contribution in [1.82, 2.24) is 20.0 Å². The van der Waals surface area contributed by atoms with Crippen molar-refractivity contribution in [3.05, 3.63) is 11.8 Å². The quantitative estimate of drug-likeness (QED) is 0.810. The Kier molecular flexibility index (Phi) is 4.12. The molecule has 2 N–H and O–H groups in total. The number of carboxylic acid groups (broad SMARTS) is 1. The summed E-state index contributed by atoms with van der Waals surface area (Å²) in [7, 11) is 1.79. The molecule has 3 atom stereocenters. The second kappa shape index (κ2) is 6.24. The third-order valence-corrected chi connectivity index (χ3v) is 6.34. The van der Waals surface area contributed by atoms with Crippen molar-refractivity contribution < 1.29 is 19.5 Å². The number of hydrogen-bond donors (Lipinski definition) is 2. The number of hydrogen-bond acceptors (Lipinski definition) is 4. The molecule has 4 rings (SSSR count). The van der Waals surface area contributed by atoms with Crippen LogP contribution < -0.4 is 10.2 Å². The summed E-state index contributed by atoms with van der Waals surface area (Å²) in [6, 6.07) is 0.917. The summed E-state index contributed by atoms with van der Waals surface area (Å²) < 4.78 is 1.66. The highest BCUT2D eigenvalue weighted by molar-refractivity contribution is 6.00. The number of anilines is 1. The molecule has 1 aromatic heterocycles. The number of carbonyl (C=O) groups is 3. The molecule has 2 aliphatic heterocycles. The number of urea groups is 1. The Morgan fingerprint density at radius 2 is 2.15 bits per heavy atom. The lowest BCUT2D eigenvalue weighted by molar-refractivity contribution is -0.149. The maximum Gasteiger partial charge on any atom is 0.318 e. The van der Waals surface area contributed by atoms with Crippen molar-refractivity contribution in [3.63, 3.8) is 0 Å². The highest BCUT2D eigenvalue weighted by Crippen LogP contribution is 2.48. The van der Waals surface area contributed by atoms with E-state index in [2.05, 4.69) is 10.4 Å². The predicted molar refractivity (Wildman–Crippen MR) is 96.2 cm³/mol. The molecule has 2 saturated heterocycles. The topological polar surface area (TPSA) is 108 Å². The number of aryl methyl sites for hydroxylation is 2. The van der Waals surface area contributed by atoms with Gasteiger partial charge in [0.2, 0.25) is 0 Å². The van der Waals surface area contributed by atoms with Gasteiger partial charge in [-0.3, -0.25) is 19.2 Å². The Morgan fingerprint density at radius 1 is 1.37 bits per heavy atom. The van der Waals surface area contributed by atoms with E-state index in [4.69, 9.17) is 0 Å². The standard InChI is InChI=1S/C18H25N5O4/c1-11-8-14(21(2)20-11)23-7-5-13(15(23)24)19-17(27)22-9-12-4-3-6-18(12,10-22)16(25)26/h8,12-13H,3-7,9-10H2,1-2H3,(H,19,27)(H,25,26)/t12-,13?,18+/m0/s1. The molecule has 0 aromatic carbocycles. The van der Waals surface area contributed by atoms with Crippen LogP contribution in [0.4, 0.5) is 10.6 Å². The average Bonchev–Trinajstić information content (AvgIpc) is 3.31. The lowest BCUT2D eigenvalue weighted by Crippen LogP contribution is -2.48. The summed E-state index contributed by atoms with van der Waals surface area (Å²) in [5.74, 6) is -0.239. The molecule has 1 aromatic rings. The first kappa shape index (κ1) is 17.8. The summed E-state index contributed by atoms with van der Waals surface area (Å²) in [6.07, 6.45) is 2.88. The molecule has 3 fully saturated rings. The summed E-state index contributed by atoms with van der Waals surface area (Å²) in [6.45, 7) is 3.06. The zero-order valence-corrected chi connectivity index (χ0v) is 15.6. The maximum atomic E-state index is 12.7. The first-order valence-corrected chi connectivity index (χ1v) is 9.43. The Hall–Kier alpha value is -2.58. The van der Waals surface area contributed by atoms with E-state index in [0.29, 0.717) is 25.9 Å². The molecule has 1 aliphatic carbocycles. The summed E-state index contributed by atoms with van der Waals surface area (Å²) in [5.41, 5.74) is 0.0188. The summed E-state index contributed by atoms with van der Waals surface area (Å²) in [5, 5.41) is 16.7.